The highest BCUT2D eigenvalue weighted by Gasteiger charge is 2.31. The summed E-state index contributed by atoms with van der Waals surface area (Å²) in [5.74, 6) is -0.966. The Morgan fingerprint density at radius 3 is 2.79 bits per heavy atom. The highest BCUT2D eigenvalue weighted by molar-refractivity contribution is 5.75. The van der Waals surface area contributed by atoms with Gasteiger partial charge in [0.2, 0.25) is 0 Å². The number of aliphatic hydroxyl groups is 1. The number of carbonyl (C=O) groups is 2. The van der Waals surface area contributed by atoms with Gasteiger partial charge in [-0.05, 0) is 11.1 Å². The van der Waals surface area contributed by atoms with Crippen LogP contribution >= 0.6 is 0 Å². The van der Waals surface area contributed by atoms with Crippen LogP contribution in [0.5, 0.6) is 0 Å². The lowest BCUT2D eigenvalue weighted by atomic mass is 10.1. The molecular formula is C13H16N2O4. The van der Waals surface area contributed by atoms with Crippen LogP contribution in [0.3, 0.4) is 0 Å². The molecule has 1 aromatic carbocycles. The number of aliphatic hydroxyl groups excluding tert-OH is 1. The van der Waals surface area contributed by atoms with Crippen LogP contribution in [0.4, 0.5) is 4.79 Å². The van der Waals surface area contributed by atoms with E-state index in [0.29, 0.717) is 6.42 Å². The molecule has 6 nitrogen and oxygen atoms in total. The number of rotatable bonds is 4. The van der Waals surface area contributed by atoms with Gasteiger partial charge in [-0.15, -0.1) is 0 Å². The quantitative estimate of drug-likeness (QED) is 0.633. The van der Waals surface area contributed by atoms with E-state index in [0.717, 1.165) is 11.1 Å². The zero-order valence-corrected chi connectivity index (χ0v) is 10.3. The van der Waals surface area contributed by atoms with Crippen LogP contribution in [0.2, 0.25) is 0 Å². The molecule has 0 spiro atoms. The molecule has 0 radical (unpaired) electrons. The largest absolute Gasteiger partial charge is 0.481 e. The fourth-order valence-corrected chi connectivity index (χ4v) is 2.22. The number of carboxylic acid groups (broad SMARTS) is 1. The Kier molecular flexibility index (Phi) is 4.01. The molecule has 0 aliphatic heterocycles. The molecule has 0 aromatic heterocycles. The minimum atomic E-state index is -0.966. The van der Waals surface area contributed by atoms with Crippen molar-refractivity contribution in [3.05, 3.63) is 35.4 Å². The number of amides is 2. The minimum absolute atomic E-state index is 0.0611. The predicted octanol–water partition coefficient (Wildman–Crippen LogP) is 0.419. The van der Waals surface area contributed by atoms with Crippen molar-refractivity contribution in [3.8, 4) is 0 Å². The first kappa shape index (κ1) is 13.4. The summed E-state index contributed by atoms with van der Waals surface area (Å²) in [7, 11) is 0. The molecule has 6 heteroatoms. The molecule has 0 fully saturated rings. The molecule has 0 saturated carbocycles. The highest BCUT2D eigenvalue weighted by Crippen LogP contribution is 2.30. The Morgan fingerprint density at radius 2 is 2.05 bits per heavy atom. The summed E-state index contributed by atoms with van der Waals surface area (Å²) >= 11 is 0. The first-order valence-electron chi connectivity index (χ1n) is 6.10. The maximum Gasteiger partial charge on any atom is 0.315 e. The molecule has 2 amide bonds. The Morgan fingerprint density at radius 1 is 1.32 bits per heavy atom. The van der Waals surface area contributed by atoms with Gasteiger partial charge in [0.05, 0.1) is 18.6 Å². The monoisotopic (exact) mass is 264 g/mol. The Hall–Kier alpha value is -2.08. The molecular weight excluding hydrogens is 248 g/mol. The summed E-state index contributed by atoms with van der Waals surface area (Å²) in [6, 6.07) is 6.62. The third-order valence-electron chi connectivity index (χ3n) is 3.11. The lowest BCUT2D eigenvalue weighted by Crippen LogP contribution is -2.41. The number of hydrogen-bond donors (Lipinski definition) is 4. The van der Waals surface area contributed by atoms with E-state index in [1.54, 1.807) is 0 Å². The molecule has 0 bridgehead atoms. The van der Waals surface area contributed by atoms with Crippen LogP contribution in [0, 0.1) is 0 Å². The van der Waals surface area contributed by atoms with Gasteiger partial charge >= 0.3 is 12.0 Å². The molecule has 102 valence electrons. The average Bonchev–Trinajstić information content (AvgIpc) is 2.66. The number of fused-ring (bicyclic) bond motifs is 1. The van der Waals surface area contributed by atoms with Gasteiger partial charge in [-0.25, -0.2) is 4.79 Å². The Labute approximate surface area is 110 Å². The fourth-order valence-electron chi connectivity index (χ4n) is 2.22. The van der Waals surface area contributed by atoms with Crippen LogP contribution in [0.25, 0.3) is 0 Å². The molecule has 4 N–H and O–H groups in total. The van der Waals surface area contributed by atoms with Gasteiger partial charge in [-0.1, -0.05) is 24.3 Å². The summed E-state index contributed by atoms with van der Waals surface area (Å²) in [5, 5.41) is 23.5. The van der Waals surface area contributed by atoms with Gasteiger partial charge < -0.3 is 20.8 Å². The average molecular weight is 264 g/mol. The van der Waals surface area contributed by atoms with Crippen molar-refractivity contribution in [2.24, 2.45) is 0 Å². The van der Waals surface area contributed by atoms with E-state index < -0.39 is 24.1 Å². The van der Waals surface area contributed by atoms with E-state index in [2.05, 4.69) is 10.6 Å². The molecule has 0 heterocycles. The van der Waals surface area contributed by atoms with Gasteiger partial charge in [0.1, 0.15) is 0 Å². The Bertz CT molecular complexity index is 489. The van der Waals surface area contributed by atoms with E-state index in [4.69, 9.17) is 5.11 Å². The smallest absolute Gasteiger partial charge is 0.315 e. The van der Waals surface area contributed by atoms with Crippen LogP contribution in [-0.2, 0) is 11.2 Å². The number of carbonyl (C=O) groups excluding carboxylic acids is 1. The summed E-state index contributed by atoms with van der Waals surface area (Å²) in [5.41, 5.74) is 1.93. The summed E-state index contributed by atoms with van der Waals surface area (Å²) in [4.78, 5) is 21.9. The van der Waals surface area contributed by atoms with Crippen molar-refractivity contribution in [1.82, 2.24) is 10.6 Å². The van der Waals surface area contributed by atoms with E-state index in [-0.39, 0.29) is 13.0 Å². The van der Waals surface area contributed by atoms with E-state index >= 15 is 0 Å². The Balaban J connectivity index is 1.92. The number of nitrogens with one attached hydrogen (secondary N) is 2. The normalized spacial score (nSPS) is 20.7. The third kappa shape index (κ3) is 3.23. The zero-order chi connectivity index (χ0) is 13.8. The van der Waals surface area contributed by atoms with Gasteiger partial charge in [-0.2, -0.15) is 0 Å². The zero-order valence-electron chi connectivity index (χ0n) is 10.3. The third-order valence-corrected chi connectivity index (χ3v) is 3.11. The fraction of sp³-hybridized carbons (Fsp3) is 0.385. The van der Waals surface area contributed by atoms with Crippen molar-refractivity contribution in [1.29, 1.82) is 0 Å². The minimum Gasteiger partial charge on any atom is -0.481 e. The second-order valence-electron chi connectivity index (χ2n) is 4.49. The van der Waals surface area contributed by atoms with Crippen LogP contribution in [0.15, 0.2) is 24.3 Å². The lowest BCUT2D eigenvalue weighted by Gasteiger charge is -2.18. The summed E-state index contributed by atoms with van der Waals surface area (Å²) < 4.78 is 0. The second kappa shape index (κ2) is 5.71. The molecule has 1 aromatic rings. The molecule has 2 atom stereocenters. The van der Waals surface area contributed by atoms with E-state index in [9.17, 15) is 14.7 Å². The number of hydrogen-bond acceptors (Lipinski definition) is 3. The summed E-state index contributed by atoms with van der Waals surface area (Å²) in [6.07, 6.45) is -0.268. The molecule has 0 saturated heterocycles. The van der Waals surface area contributed by atoms with Crippen molar-refractivity contribution < 1.29 is 19.8 Å². The van der Waals surface area contributed by atoms with Gasteiger partial charge in [0, 0.05) is 13.0 Å². The molecule has 1 aliphatic rings. The number of urea groups is 1. The molecule has 19 heavy (non-hydrogen) atoms. The van der Waals surface area contributed by atoms with Crippen LogP contribution in [-0.4, -0.2) is 34.9 Å². The SMILES string of the molecule is O=C(O)CCNC(=O)N[C@H]1c2ccccc2C[C@H]1O. The van der Waals surface area contributed by atoms with Gasteiger partial charge in [0.25, 0.3) is 0 Å². The molecule has 2 rings (SSSR count). The van der Waals surface area contributed by atoms with E-state index in [1.807, 2.05) is 24.3 Å². The van der Waals surface area contributed by atoms with Crippen molar-refractivity contribution in [2.75, 3.05) is 6.54 Å². The lowest BCUT2D eigenvalue weighted by molar-refractivity contribution is -0.136. The molecule has 1 aliphatic carbocycles. The van der Waals surface area contributed by atoms with Crippen molar-refractivity contribution in [3.63, 3.8) is 0 Å². The molecule has 0 unspecified atom stereocenters. The maximum atomic E-state index is 11.6. The van der Waals surface area contributed by atoms with Crippen LogP contribution < -0.4 is 10.6 Å². The van der Waals surface area contributed by atoms with Crippen LogP contribution in [0.1, 0.15) is 23.6 Å². The number of aliphatic carboxylic acids is 1. The van der Waals surface area contributed by atoms with Crippen molar-refractivity contribution >= 4 is 12.0 Å². The van der Waals surface area contributed by atoms with Gasteiger partial charge in [0.15, 0.2) is 0 Å². The number of benzene rings is 1. The van der Waals surface area contributed by atoms with E-state index in [1.165, 1.54) is 0 Å². The highest BCUT2D eigenvalue weighted by atomic mass is 16.4. The summed E-state index contributed by atoms with van der Waals surface area (Å²) in [6.45, 7) is 0.0611. The first-order valence-corrected chi connectivity index (χ1v) is 6.10. The maximum absolute atomic E-state index is 11.6. The predicted molar refractivity (Wildman–Crippen MR) is 67.7 cm³/mol. The topological polar surface area (TPSA) is 98.7 Å². The second-order valence-corrected chi connectivity index (χ2v) is 4.49. The van der Waals surface area contributed by atoms with Gasteiger partial charge in [-0.3, -0.25) is 4.79 Å². The standard InChI is InChI=1S/C13H16N2O4/c16-10-7-8-3-1-2-4-9(8)12(10)15-13(19)14-6-5-11(17)18/h1-4,10,12,16H,5-7H2,(H,17,18)(H2,14,15,19)/t10-,12+/m1/s1. The first-order chi connectivity index (χ1) is 9.08. The number of carboxylic acids is 1. The van der Waals surface area contributed by atoms with Crippen molar-refractivity contribution in [2.45, 2.75) is 25.0 Å².